The molecule has 270 valence electrons. The number of benzene rings is 2. The van der Waals surface area contributed by atoms with Gasteiger partial charge in [-0.25, -0.2) is 12.1 Å². The number of aromatic hydroxyl groups is 2. The molecule has 0 saturated heterocycles. The zero-order chi connectivity index (χ0) is 37.5. The Kier molecular flexibility index (Phi) is 16.4. The van der Waals surface area contributed by atoms with Gasteiger partial charge in [0, 0.05) is 0 Å². The van der Waals surface area contributed by atoms with Gasteiger partial charge in [0.25, 0.3) is 0 Å². The number of hydrogen-bond acceptors (Lipinski definition) is 2. The molecule has 0 saturated carbocycles. The summed E-state index contributed by atoms with van der Waals surface area (Å²) in [6.07, 6.45) is -8.75. The van der Waals surface area contributed by atoms with E-state index in [0.717, 1.165) is 24.3 Å². The van der Waals surface area contributed by atoms with E-state index in [9.17, 15) is 26.3 Å². The zero-order valence-electron chi connectivity index (χ0n) is 30.7. The molecule has 0 radical (unpaired) electrons. The van der Waals surface area contributed by atoms with Gasteiger partial charge in [-0.1, -0.05) is 117 Å². The fourth-order valence-electron chi connectivity index (χ4n) is 4.12. The predicted octanol–water partition coefficient (Wildman–Crippen LogP) is 12.8. The van der Waals surface area contributed by atoms with E-state index in [1.165, 1.54) is 34.4 Å². The Morgan fingerprint density at radius 3 is 0.878 bits per heavy atom. The molecule has 2 nitrogen and oxygen atoms in total. The molecule has 0 aliphatic rings. The van der Waals surface area contributed by atoms with Crippen molar-refractivity contribution in [1.29, 1.82) is 0 Å². The van der Waals surface area contributed by atoms with E-state index in [4.69, 9.17) is 10.2 Å². The summed E-state index contributed by atoms with van der Waals surface area (Å²) in [5.74, 6) is -0.750. The van der Waals surface area contributed by atoms with Crippen molar-refractivity contribution in [1.82, 2.24) is 0 Å². The number of rotatable bonds is 0. The normalized spacial score (nSPS) is 12.3. The first-order valence-electron chi connectivity index (χ1n) is 15.7. The summed E-state index contributed by atoms with van der Waals surface area (Å²) in [5, 5.41) is 17.4. The Labute approximate surface area is 308 Å². The molecule has 9 heteroatoms. The van der Waals surface area contributed by atoms with E-state index in [0.29, 0.717) is 12.1 Å². The maximum atomic E-state index is 11.9. The van der Waals surface area contributed by atoms with Gasteiger partial charge in [0.2, 0.25) is 0 Å². The number of hydrogen-bond donors (Lipinski definition) is 2. The van der Waals surface area contributed by atoms with Crippen LogP contribution in [-0.4, -0.2) is 10.2 Å². The van der Waals surface area contributed by atoms with Crippen molar-refractivity contribution < 1.29 is 62.8 Å². The molecule has 0 spiro atoms. The Morgan fingerprint density at radius 1 is 0.449 bits per heavy atom. The molecule has 0 heterocycles. The molecule has 0 aliphatic heterocycles. The average Bonchev–Trinajstić information content (AvgIpc) is 3.60. The van der Waals surface area contributed by atoms with Crippen LogP contribution >= 0.6 is 0 Å². The van der Waals surface area contributed by atoms with Gasteiger partial charge in [-0.05, 0) is 36.4 Å². The molecule has 49 heavy (non-hydrogen) atoms. The fourth-order valence-corrected chi connectivity index (χ4v) is 4.12. The number of alkyl halides is 6. The van der Waals surface area contributed by atoms with E-state index < -0.39 is 23.5 Å². The monoisotopic (exact) mass is 768 g/mol. The average molecular weight is 770 g/mol. The van der Waals surface area contributed by atoms with E-state index in [-0.39, 0.29) is 59.4 Å². The van der Waals surface area contributed by atoms with Gasteiger partial charge in [-0.2, -0.15) is 72.9 Å². The Morgan fingerprint density at radius 2 is 0.735 bits per heavy atom. The van der Waals surface area contributed by atoms with Gasteiger partial charge in [0.15, 0.2) is 0 Å². The van der Waals surface area contributed by atoms with Crippen molar-refractivity contribution in [3.8, 4) is 11.5 Å². The van der Waals surface area contributed by atoms with Gasteiger partial charge < -0.3 is 10.2 Å². The van der Waals surface area contributed by atoms with Crippen LogP contribution in [0.15, 0.2) is 84.9 Å². The summed E-state index contributed by atoms with van der Waals surface area (Å²) in [5.41, 5.74) is 5.22. The first-order chi connectivity index (χ1) is 21.4. The molecule has 0 fully saturated rings. The molecule has 2 N–H and O–H groups in total. The molecule has 4 rings (SSSR count). The number of phenolic OH excluding ortho intramolecular Hbond substituents is 2. The van der Waals surface area contributed by atoms with Crippen LogP contribution in [0.2, 0.25) is 0 Å². The van der Waals surface area contributed by atoms with Crippen LogP contribution in [0.5, 0.6) is 11.5 Å². The van der Waals surface area contributed by atoms with Crippen LogP contribution in [-0.2, 0) is 60.2 Å². The van der Waals surface area contributed by atoms with Gasteiger partial charge in [0.1, 0.15) is 11.5 Å². The minimum atomic E-state index is -4.38. The summed E-state index contributed by atoms with van der Waals surface area (Å²) in [6, 6.07) is 21.5. The molecule has 4 aromatic rings. The van der Waals surface area contributed by atoms with Crippen molar-refractivity contribution in [2.24, 2.45) is 0 Å². The number of halogens is 6. The molecule has 4 aromatic carbocycles. The van der Waals surface area contributed by atoms with Crippen molar-refractivity contribution in [2.75, 3.05) is 0 Å². The largest absolute Gasteiger partial charge is 2.00 e. The zero-order valence-corrected chi connectivity index (χ0v) is 33.2. The Balaban J connectivity index is 0.000000625. The van der Waals surface area contributed by atoms with E-state index in [1.54, 1.807) is 0 Å². The SMILES string of the molecule is CC(C)(C)c1cc[c-](C(C)(C)C)c1.CC(C)(C)c1cc[c-](C(C)(C)C)c1.Oc1cccc(C(F)(F)F)c1.Oc1cccc(C(F)(F)F)c1.[Zr+2]. The molecule has 0 aromatic heterocycles. The second-order valence-electron chi connectivity index (χ2n) is 15.9. The Hall–Kier alpha value is -2.80. The van der Waals surface area contributed by atoms with Crippen molar-refractivity contribution in [3.63, 3.8) is 0 Å². The van der Waals surface area contributed by atoms with Gasteiger partial charge in [0.05, 0.1) is 11.1 Å². The van der Waals surface area contributed by atoms with E-state index in [1.807, 2.05) is 0 Å². The van der Waals surface area contributed by atoms with Crippen LogP contribution in [0.3, 0.4) is 0 Å². The third-order valence-corrected chi connectivity index (χ3v) is 7.32. The van der Waals surface area contributed by atoms with Crippen LogP contribution in [0.1, 0.15) is 116 Å². The van der Waals surface area contributed by atoms with Crippen molar-refractivity contribution >= 4 is 0 Å². The summed E-state index contributed by atoms with van der Waals surface area (Å²) < 4.78 is 71.1. The first-order valence-corrected chi connectivity index (χ1v) is 15.7. The maximum Gasteiger partial charge on any atom is 2.00 e. The van der Waals surface area contributed by atoms with Crippen LogP contribution in [0.4, 0.5) is 26.3 Å². The minimum absolute atomic E-state index is 0. The second-order valence-corrected chi connectivity index (χ2v) is 15.9. The van der Waals surface area contributed by atoms with Crippen molar-refractivity contribution in [2.45, 2.75) is 117 Å². The summed E-state index contributed by atoms with van der Waals surface area (Å²) in [4.78, 5) is 0. The van der Waals surface area contributed by atoms with Gasteiger partial charge in [-0.3, -0.25) is 0 Å². The standard InChI is InChI=1S/2C13H21.2C7H5F3O.Zr/c2*1-12(2,3)10-7-8-11(9-10)13(4,5)6;2*8-7(9,10)5-2-1-3-6(11)4-5;/h2*7-9H,1-6H3;2*1-4,11H;/q2*-1;;;+2. The quantitative estimate of drug-likeness (QED) is 0.138. The third kappa shape index (κ3) is 16.6. The molecule has 0 unspecified atom stereocenters. The van der Waals surface area contributed by atoms with Crippen LogP contribution < -0.4 is 0 Å². The van der Waals surface area contributed by atoms with E-state index in [2.05, 4.69) is 119 Å². The third-order valence-electron chi connectivity index (χ3n) is 7.32. The van der Waals surface area contributed by atoms with Crippen molar-refractivity contribution in [3.05, 3.63) is 118 Å². The summed E-state index contributed by atoms with van der Waals surface area (Å²) in [6.45, 7) is 27.1. The summed E-state index contributed by atoms with van der Waals surface area (Å²) >= 11 is 0. The molecule has 0 amide bonds. The molecular weight excluding hydrogens is 718 g/mol. The second kappa shape index (κ2) is 17.4. The minimum Gasteiger partial charge on any atom is -0.508 e. The molecular formula is C40H52F6O2Zr. The summed E-state index contributed by atoms with van der Waals surface area (Å²) in [7, 11) is 0. The molecule has 0 atom stereocenters. The van der Waals surface area contributed by atoms with Gasteiger partial charge in [-0.15, -0.1) is 0 Å². The molecule has 0 aliphatic carbocycles. The number of phenols is 2. The van der Waals surface area contributed by atoms with E-state index >= 15 is 0 Å². The first kappa shape index (κ1) is 46.2. The Bertz CT molecular complexity index is 1370. The fraction of sp³-hybridized carbons (Fsp3) is 0.450. The van der Waals surface area contributed by atoms with Crippen LogP contribution in [0.25, 0.3) is 0 Å². The van der Waals surface area contributed by atoms with Crippen LogP contribution in [0, 0.1) is 0 Å². The maximum absolute atomic E-state index is 11.9. The predicted molar refractivity (Wildman–Crippen MR) is 185 cm³/mol. The molecule has 0 bridgehead atoms. The smallest absolute Gasteiger partial charge is 0.508 e. The topological polar surface area (TPSA) is 40.5 Å². The van der Waals surface area contributed by atoms with Gasteiger partial charge >= 0.3 is 38.6 Å².